The zero-order valence-electron chi connectivity index (χ0n) is 15.8. The average molecular weight is 309 g/mol. The lowest BCUT2D eigenvalue weighted by Gasteiger charge is -2.35. The van der Waals surface area contributed by atoms with Crippen LogP contribution in [0.2, 0.25) is 0 Å². The van der Waals surface area contributed by atoms with Crippen molar-refractivity contribution in [2.75, 3.05) is 37.6 Å². The van der Waals surface area contributed by atoms with Gasteiger partial charge in [-0.05, 0) is 31.0 Å². The van der Waals surface area contributed by atoms with Gasteiger partial charge in [0, 0.05) is 26.2 Å². The van der Waals surface area contributed by atoms with Crippen LogP contribution in [0, 0.1) is 0 Å². The number of hydrogen-bond acceptors (Lipinski definition) is 4. The van der Waals surface area contributed by atoms with Crippen LogP contribution < -0.4 is 4.90 Å². The molecule has 0 unspecified atom stereocenters. The molecule has 1 saturated heterocycles. The van der Waals surface area contributed by atoms with E-state index in [1.165, 1.54) is 13.0 Å². The van der Waals surface area contributed by atoms with Crippen LogP contribution in [0.5, 0.6) is 0 Å². The third-order valence-corrected chi connectivity index (χ3v) is 3.50. The van der Waals surface area contributed by atoms with Gasteiger partial charge in [-0.1, -0.05) is 48.5 Å². The zero-order chi connectivity index (χ0) is 17.0. The van der Waals surface area contributed by atoms with E-state index in [1.54, 1.807) is 0 Å². The highest BCUT2D eigenvalue weighted by Gasteiger charge is 2.17. The second kappa shape index (κ2) is 12.4. The van der Waals surface area contributed by atoms with Crippen molar-refractivity contribution < 1.29 is 0 Å². The Morgan fingerprint density at radius 3 is 1.95 bits per heavy atom. The van der Waals surface area contributed by atoms with Crippen molar-refractivity contribution in [1.29, 1.82) is 0 Å². The molecular formula is C18H36N4. The first-order valence-corrected chi connectivity index (χ1v) is 9.01. The Morgan fingerprint density at radius 2 is 1.55 bits per heavy atom. The summed E-state index contributed by atoms with van der Waals surface area (Å²) in [4.78, 5) is 4.86. The van der Waals surface area contributed by atoms with E-state index in [9.17, 15) is 0 Å². The summed E-state index contributed by atoms with van der Waals surface area (Å²) < 4.78 is 0. The molecule has 2 heterocycles. The molecule has 1 fully saturated rings. The fraction of sp³-hybridized carbons (Fsp3) is 0.778. The summed E-state index contributed by atoms with van der Waals surface area (Å²) in [5.41, 5.74) is 1.07. The van der Waals surface area contributed by atoms with E-state index < -0.39 is 0 Å². The highest BCUT2D eigenvalue weighted by atomic mass is 15.3. The number of aromatic nitrogens is 2. The van der Waals surface area contributed by atoms with E-state index in [0.717, 1.165) is 37.7 Å². The number of anilines is 1. The second-order valence-electron chi connectivity index (χ2n) is 5.30. The third kappa shape index (κ3) is 6.73. The van der Waals surface area contributed by atoms with Gasteiger partial charge in [-0.2, -0.15) is 5.10 Å². The first-order valence-electron chi connectivity index (χ1n) is 9.01. The number of rotatable bonds is 4. The number of hydrogen-bond donors (Lipinski definition) is 0. The summed E-state index contributed by atoms with van der Waals surface area (Å²) in [6.07, 6.45) is 1.24. The van der Waals surface area contributed by atoms with Gasteiger partial charge >= 0.3 is 0 Å². The minimum atomic E-state index is 0.452. The van der Waals surface area contributed by atoms with Crippen molar-refractivity contribution in [3.63, 3.8) is 0 Å². The van der Waals surface area contributed by atoms with Crippen molar-refractivity contribution in [3.05, 3.63) is 17.8 Å². The van der Waals surface area contributed by atoms with E-state index in [-0.39, 0.29) is 0 Å². The Balaban J connectivity index is 0.00000102. The fourth-order valence-corrected chi connectivity index (χ4v) is 2.33. The molecule has 0 aromatic carbocycles. The lowest BCUT2D eigenvalue weighted by Crippen LogP contribution is -2.46. The van der Waals surface area contributed by atoms with Gasteiger partial charge in [0.15, 0.2) is 5.82 Å². The summed E-state index contributed by atoms with van der Waals surface area (Å²) in [5, 5.41) is 8.66. The predicted molar refractivity (Wildman–Crippen MR) is 97.8 cm³/mol. The quantitative estimate of drug-likeness (QED) is 0.835. The molecule has 1 aromatic heterocycles. The summed E-state index contributed by atoms with van der Waals surface area (Å²) in [6, 6.07) is 4.21. The van der Waals surface area contributed by atoms with Crippen LogP contribution >= 0.6 is 0 Å². The largest absolute Gasteiger partial charge is 0.353 e. The van der Waals surface area contributed by atoms with Gasteiger partial charge in [0.05, 0.1) is 5.69 Å². The Hall–Kier alpha value is -1.16. The van der Waals surface area contributed by atoms with E-state index in [4.69, 9.17) is 0 Å². The highest BCUT2D eigenvalue weighted by Crippen LogP contribution is 2.16. The van der Waals surface area contributed by atoms with Gasteiger partial charge in [0.2, 0.25) is 0 Å². The molecule has 0 amide bonds. The van der Waals surface area contributed by atoms with Crippen molar-refractivity contribution in [1.82, 2.24) is 15.1 Å². The van der Waals surface area contributed by atoms with Crippen molar-refractivity contribution >= 4 is 5.82 Å². The normalized spacial score (nSPS) is 14.8. The smallest absolute Gasteiger partial charge is 0.151 e. The maximum atomic E-state index is 4.35. The maximum absolute atomic E-state index is 4.35. The van der Waals surface area contributed by atoms with Gasteiger partial charge in [-0.3, -0.25) is 4.90 Å². The Bertz CT molecular complexity index is 354. The van der Waals surface area contributed by atoms with Crippen LogP contribution in [0.15, 0.2) is 12.1 Å². The Morgan fingerprint density at radius 1 is 0.955 bits per heavy atom. The molecular weight excluding hydrogens is 272 g/mol. The van der Waals surface area contributed by atoms with Crippen molar-refractivity contribution in [2.45, 2.75) is 60.8 Å². The molecule has 4 nitrogen and oxygen atoms in total. The van der Waals surface area contributed by atoms with Crippen LogP contribution in [-0.4, -0.2) is 47.8 Å². The van der Waals surface area contributed by atoms with Crippen molar-refractivity contribution in [3.8, 4) is 0 Å². The highest BCUT2D eigenvalue weighted by molar-refractivity contribution is 5.38. The molecule has 0 aliphatic carbocycles. The molecule has 128 valence electrons. The minimum absolute atomic E-state index is 0.452. The van der Waals surface area contributed by atoms with Crippen LogP contribution in [0.1, 0.15) is 66.5 Å². The topological polar surface area (TPSA) is 32.3 Å². The van der Waals surface area contributed by atoms with Gasteiger partial charge in [-0.25, -0.2) is 0 Å². The summed E-state index contributed by atoms with van der Waals surface area (Å²) >= 11 is 0. The number of nitrogens with zero attached hydrogens (tertiary/aromatic N) is 4. The average Bonchev–Trinajstić information content (AvgIpc) is 2.59. The van der Waals surface area contributed by atoms with Crippen molar-refractivity contribution in [2.24, 2.45) is 0 Å². The van der Waals surface area contributed by atoms with Gasteiger partial charge in [-0.15, -0.1) is 5.10 Å². The van der Waals surface area contributed by atoms with Gasteiger partial charge in [0.25, 0.3) is 0 Å². The first-order chi connectivity index (χ1) is 10.7. The molecule has 0 atom stereocenters. The van der Waals surface area contributed by atoms with E-state index in [2.05, 4.69) is 52.9 Å². The zero-order valence-corrected chi connectivity index (χ0v) is 15.8. The van der Waals surface area contributed by atoms with E-state index in [0.29, 0.717) is 5.92 Å². The first kappa shape index (κ1) is 20.8. The van der Waals surface area contributed by atoms with Crippen LogP contribution in [0.25, 0.3) is 0 Å². The Labute approximate surface area is 137 Å². The predicted octanol–water partition coefficient (Wildman–Crippen LogP) is 4.18. The lowest BCUT2D eigenvalue weighted by molar-refractivity contribution is 0.258. The van der Waals surface area contributed by atoms with Crippen LogP contribution in [-0.2, 0) is 0 Å². The monoisotopic (exact) mass is 308 g/mol. The molecule has 0 saturated carbocycles. The molecule has 2 rings (SSSR count). The molecule has 22 heavy (non-hydrogen) atoms. The van der Waals surface area contributed by atoms with Crippen LogP contribution in [0.4, 0.5) is 5.82 Å². The SMILES string of the molecule is CC.CC.CCCN1CCN(c2ccc(C(C)C)nn2)CC1. The summed E-state index contributed by atoms with van der Waals surface area (Å²) in [6.45, 7) is 20.2. The summed E-state index contributed by atoms with van der Waals surface area (Å²) in [5.74, 6) is 1.48. The number of piperazine rings is 1. The second-order valence-corrected chi connectivity index (χ2v) is 5.30. The summed E-state index contributed by atoms with van der Waals surface area (Å²) in [7, 11) is 0. The Kier molecular flexibility index (Phi) is 11.7. The molecule has 0 N–H and O–H groups in total. The molecule has 0 radical (unpaired) electrons. The van der Waals surface area contributed by atoms with E-state index in [1.807, 2.05) is 27.7 Å². The molecule has 1 aromatic rings. The minimum Gasteiger partial charge on any atom is -0.353 e. The maximum Gasteiger partial charge on any atom is 0.151 e. The third-order valence-electron chi connectivity index (χ3n) is 3.50. The van der Waals surface area contributed by atoms with Gasteiger partial charge < -0.3 is 4.90 Å². The van der Waals surface area contributed by atoms with Gasteiger partial charge in [0.1, 0.15) is 0 Å². The molecule has 4 heteroatoms. The fourth-order valence-electron chi connectivity index (χ4n) is 2.33. The standard InChI is InChI=1S/C14H24N4.2C2H6/c1-4-7-17-8-10-18(11-9-17)14-6-5-13(12(2)3)15-16-14;2*1-2/h5-6,12H,4,7-11H2,1-3H3;2*1-2H3. The molecule has 1 aliphatic rings. The molecule has 1 aliphatic heterocycles. The lowest BCUT2D eigenvalue weighted by atomic mass is 10.1. The molecule has 0 spiro atoms. The van der Waals surface area contributed by atoms with Crippen LogP contribution in [0.3, 0.4) is 0 Å². The molecule has 0 bridgehead atoms. The van der Waals surface area contributed by atoms with E-state index >= 15 is 0 Å².